The molecule has 306 valence electrons. The second kappa shape index (κ2) is 14.1. The SMILES string of the molecule is Cc1cccc(-c2[c-]c3c(cc2)c2cc(-c4c(C)cccc4C)ccc2n3-c2ccc3c(n2)-c2[c-]cccc2C32c3ccc(C(C)(C)C)cc3-c3cc(C(C)(C)C)ccc32)n1.[Pt+2]. The maximum Gasteiger partial charge on any atom is 2.00 e. The van der Waals surface area contributed by atoms with Gasteiger partial charge in [-0.1, -0.05) is 137 Å². The molecular weight excluding hydrogens is 934 g/mol. The molecular formula is C58H49N3Pt. The van der Waals surface area contributed by atoms with Crippen LogP contribution in [0.2, 0.25) is 0 Å². The maximum absolute atomic E-state index is 5.74. The minimum atomic E-state index is -0.525. The molecule has 0 fully saturated rings. The van der Waals surface area contributed by atoms with E-state index in [0.29, 0.717) is 0 Å². The van der Waals surface area contributed by atoms with Crippen molar-refractivity contribution >= 4 is 21.8 Å². The molecule has 0 amide bonds. The predicted molar refractivity (Wildman–Crippen MR) is 253 cm³/mol. The van der Waals surface area contributed by atoms with Gasteiger partial charge in [0.05, 0.1) is 0 Å². The Kier molecular flexibility index (Phi) is 9.12. The van der Waals surface area contributed by atoms with Crippen LogP contribution in [0.4, 0.5) is 0 Å². The summed E-state index contributed by atoms with van der Waals surface area (Å²) in [4.78, 5) is 10.6. The number of fused-ring (bicyclic) bond motifs is 13. The van der Waals surface area contributed by atoms with Crippen molar-refractivity contribution in [1.29, 1.82) is 0 Å². The molecule has 6 aromatic carbocycles. The Balaban J connectivity index is 0.00000458. The first-order valence-corrected chi connectivity index (χ1v) is 21.6. The van der Waals surface area contributed by atoms with Crippen molar-refractivity contribution in [1.82, 2.24) is 14.5 Å². The molecule has 3 nitrogen and oxygen atoms in total. The number of nitrogens with zero attached hydrogens (tertiary/aromatic N) is 3. The van der Waals surface area contributed by atoms with Gasteiger partial charge in [-0.25, -0.2) is 0 Å². The average molecular weight is 983 g/mol. The van der Waals surface area contributed by atoms with Crippen molar-refractivity contribution in [3.63, 3.8) is 0 Å². The third-order valence-electron chi connectivity index (χ3n) is 13.5. The summed E-state index contributed by atoms with van der Waals surface area (Å²) < 4.78 is 2.31. The van der Waals surface area contributed by atoms with Crippen LogP contribution in [-0.2, 0) is 37.3 Å². The zero-order chi connectivity index (χ0) is 42.2. The van der Waals surface area contributed by atoms with Crippen molar-refractivity contribution in [3.8, 4) is 50.6 Å². The topological polar surface area (TPSA) is 30.7 Å². The molecule has 0 atom stereocenters. The van der Waals surface area contributed by atoms with Gasteiger partial charge in [0.15, 0.2) is 0 Å². The van der Waals surface area contributed by atoms with Gasteiger partial charge in [0.25, 0.3) is 0 Å². The zero-order valence-corrected chi connectivity index (χ0v) is 39.1. The third-order valence-corrected chi connectivity index (χ3v) is 13.5. The van der Waals surface area contributed by atoms with Crippen LogP contribution in [0.1, 0.15) is 91.7 Å². The van der Waals surface area contributed by atoms with Gasteiger partial charge in [0.1, 0.15) is 5.82 Å². The van der Waals surface area contributed by atoms with Gasteiger partial charge in [-0.2, -0.15) is 0 Å². The molecule has 3 heterocycles. The number of hydrogen-bond donors (Lipinski definition) is 0. The molecule has 3 aromatic heterocycles. The van der Waals surface area contributed by atoms with E-state index in [1.807, 2.05) is 19.1 Å². The molecule has 0 unspecified atom stereocenters. The first-order valence-electron chi connectivity index (χ1n) is 21.6. The van der Waals surface area contributed by atoms with E-state index in [9.17, 15) is 0 Å². The van der Waals surface area contributed by atoms with E-state index >= 15 is 0 Å². The van der Waals surface area contributed by atoms with Gasteiger partial charge in [-0.15, -0.1) is 59.2 Å². The molecule has 4 heteroatoms. The quantitative estimate of drug-likeness (QED) is 0.165. The standard InChI is InChI=1S/C58H49N3.Pt/c1-34-14-12-15-35(2)54(34)38-21-28-51-45(30-38)41-24-20-37(50-19-13-16-36(3)59-50)31-52(41)61(51)53-29-27-49-55(60-53)42-17-10-11-18-46(42)58(49)47-25-22-39(56(4,5)6)32-43(47)44-33-40(57(7,8)9)23-26-48(44)58;/h10-16,18-30,32-33H,1-9H3;/q-2;+2. The Hall–Kier alpha value is -5.89. The third kappa shape index (κ3) is 5.81. The van der Waals surface area contributed by atoms with Crippen molar-refractivity contribution in [2.24, 2.45) is 0 Å². The molecule has 62 heavy (non-hydrogen) atoms. The van der Waals surface area contributed by atoms with Crippen molar-refractivity contribution in [2.45, 2.75) is 78.6 Å². The van der Waals surface area contributed by atoms with Gasteiger partial charge >= 0.3 is 21.1 Å². The summed E-state index contributed by atoms with van der Waals surface area (Å²) >= 11 is 0. The monoisotopic (exact) mass is 982 g/mol. The number of aryl methyl sites for hydroxylation is 3. The molecule has 2 aliphatic rings. The second-order valence-corrected chi connectivity index (χ2v) is 19.4. The normalized spacial score (nSPS) is 13.6. The van der Waals surface area contributed by atoms with Crippen LogP contribution in [0.3, 0.4) is 0 Å². The molecule has 0 saturated heterocycles. The number of hydrogen-bond acceptors (Lipinski definition) is 2. The minimum absolute atomic E-state index is 0. The second-order valence-electron chi connectivity index (χ2n) is 19.4. The van der Waals surface area contributed by atoms with E-state index in [1.54, 1.807) is 0 Å². The molecule has 0 N–H and O–H groups in total. The van der Waals surface area contributed by atoms with Gasteiger partial charge in [0, 0.05) is 16.6 Å². The molecule has 2 aliphatic carbocycles. The summed E-state index contributed by atoms with van der Waals surface area (Å²) in [5, 5.41) is 2.30. The van der Waals surface area contributed by atoms with E-state index in [-0.39, 0.29) is 31.9 Å². The summed E-state index contributed by atoms with van der Waals surface area (Å²) in [6.07, 6.45) is 0. The Morgan fingerprint density at radius 1 is 0.581 bits per heavy atom. The summed E-state index contributed by atoms with van der Waals surface area (Å²) in [5.74, 6) is 0.856. The van der Waals surface area contributed by atoms with Crippen molar-refractivity contribution < 1.29 is 21.1 Å². The van der Waals surface area contributed by atoms with E-state index in [1.165, 1.54) is 72.1 Å². The van der Waals surface area contributed by atoms with Crippen LogP contribution >= 0.6 is 0 Å². The van der Waals surface area contributed by atoms with E-state index in [0.717, 1.165) is 50.4 Å². The largest absolute Gasteiger partial charge is 2.00 e. The molecule has 11 rings (SSSR count). The first-order chi connectivity index (χ1) is 29.2. The number of pyridine rings is 2. The minimum Gasteiger partial charge on any atom is -0.313 e. The van der Waals surface area contributed by atoms with Crippen LogP contribution in [0.5, 0.6) is 0 Å². The molecule has 9 aromatic rings. The van der Waals surface area contributed by atoms with Crippen LogP contribution in [0.25, 0.3) is 72.4 Å². The molecule has 0 aliphatic heterocycles. The average Bonchev–Trinajstić information content (AvgIpc) is 3.83. The van der Waals surface area contributed by atoms with Crippen LogP contribution in [-0.4, -0.2) is 14.5 Å². The number of rotatable bonds is 3. The number of benzene rings is 6. The fourth-order valence-electron chi connectivity index (χ4n) is 10.5. The van der Waals surface area contributed by atoms with Crippen LogP contribution < -0.4 is 0 Å². The van der Waals surface area contributed by atoms with Crippen molar-refractivity contribution in [2.75, 3.05) is 0 Å². The summed E-state index contributed by atoms with van der Waals surface area (Å²) in [5.41, 5.74) is 21.9. The smallest absolute Gasteiger partial charge is 0.313 e. The van der Waals surface area contributed by atoms with E-state index < -0.39 is 5.41 Å². The van der Waals surface area contributed by atoms with Crippen LogP contribution in [0, 0.1) is 32.9 Å². The predicted octanol–water partition coefficient (Wildman–Crippen LogP) is 14.4. The molecule has 1 spiro atoms. The van der Waals surface area contributed by atoms with Crippen molar-refractivity contribution in [3.05, 3.63) is 196 Å². The Bertz CT molecular complexity index is 3230. The first kappa shape index (κ1) is 40.2. The van der Waals surface area contributed by atoms with Gasteiger partial charge in [-0.3, -0.25) is 4.98 Å². The molecule has 0 saturated carbocycles. The van der Waals surface area contributed by atoms with E-state index in [4.69, 9.17) is 9.97 Å². The van der Waals surface area contributed by atoms with Gasteiger partial charge in [0.2, 0.25) is 0 Å². The van der Waals surface area contributed by atoms with Gasteiger partial charge in [-0.05, 0) is 128 Å². The fourth-order valence-corrected chi connectivity index (χ4v) is 10.5. The molecule has 0 bridgehead atoms. The Morgan fingerprint density at radius 3 is 1.90 bits per heavy atom. The Labute approximate surface area is 380 Å². The summed E-state index contributed by atoms with van der Waals surface area (Å²) in [7, 11) is 0. The maximum atomic E-state index is 5.74. The summed E-state index contributed by atoms with van der Waals surface area (Å²) in [6.45, 7) is 20.3. The summed E-state index contributed by atoms with van der Waals surface area (Å²) in [6, 6.07) is 57.1. The zero-order valence-electron chi connectivity index (χ0n) is 36.9. The Morgan fingerprint density at radius 2 is 1.24 bits per heavy atom. The molecule has 0 radical (unpaired) electrons. The fraction of sp³-hybridized carbons (Fsp3) is 0.207. The van der Waals surface area contributed by atoms with Gasteiger partial charge < -0.3 is 9.55 Å². The van der Waals surface area contributed by atoms with Crippen LogP contribution in [0.15, 0.2) is 133 Å². The number of aromatic nitrogens is 3. The van der Waals surface area contributed by atoms with E-state index in [2.05, 4.69) is 193 Å².